The summed E-state index contributed by atoms with van der Waals surface area (Å²) in [5.74, 6) is -0.358. The van der Waals surface area contributed by atoms with Gasteiger partial charge < -0.3 is 20.7 Å². The number of hydrogen-bond acceptors (Lipinski definition) is 4. The number of carbonyl (C=O) groups is 2. The summed E-state index contributed by atoms with van der Waals surface area (Å²) in [4.78, 5) is 25.0. The van der Waals surface area contributed by atoms with Gasteiger partial charge >= 0.3 is 6.09 Å². The first-order chi connectivity index (χ1) is 12.1. The Morgan fingerprint density at radius 3 is 1.67 bits per heavy atom. The highest BCUT2D eigenvalue weighted by Crippen LogP contribution is 2.23. The molecule has 0 saturated heterocycles. The van der Waals surface area contributed by atoms with Gasteiger partial charge in [0.2, 0.25) is 6.10 Å². The maximum atomic E-state index is 12.7. The number of ether oxygens (including phenoxy) is 1. The summed E-state index contributed by atoms with van der Waals surface area (Å²) in [5, 5.41) is 8.97. The van der Waals surface area contributed by atoms with Crippen LogP contribution in [0.25, 0.3) is 0 Å². The van der Waals surface area contributed by atoms with E-state index in [1.165, 1.54) is 0 Å². The average molecular weight is 378 g/mol. The zero-order valence-electron chi connectivity index (χ0n) is 18.1. The summed E-state index contributed by atoms with van der Waals surface area (Å²) in [6, 6.07) is 7.35. The van der Waals surface area contributed by atoms with Gasteiger partial charge in [0.15, 0.2) is 0 Å². The van der Waals surface area contributed by atoms with Crippen LogP contribution in [0.15, 0.2) is 24.3 Å². The van der Waals surface area contributed by atoms with E-state index < -0.39 is 23.3 Å². The second-order valence-corrected chi connectivity index (χ2v) is 9.90. The van der Waals surface area contributed by atoms with Crippen molar-refractivity contribution in [3.8, 4) is 0 Å². The molecule has 1 aromatic carbocycles. The second-order valence-electron chi connectivity index (χ2n) is 9.90. The minimum atomic E-state index is -1.03. The smallest absolute Gasteiger partial charge is 0.408 e. The van der Waals surface area contributed by atoms with E-state index in [1.807, 2.05) is 53.7 Å². The largest absolute Gasteiger partial charge is 0.431 e. The maximum Gasteiger partial charge on any atom is 0.408 e. The van der Waals surface area contributed by atoms with Gasteiger partial charge in [-0.15, -0.1) is 0 Å². The van der Waals surface area contributed by atoms with E-state index in [1.54, 1.807) is 12.1 Å². The van der Waals surface area contributed by atoms with Crippen LogP contribution >= 0.6 is 0 Å². The molecule has 0 saturated carbocycles. The van der Waals surface area contributed by atoms with E-state index in [4.69, 9.17) is 4.74 Å². The summed E-state index contributed by atoms with van der Waals surface area (Å²) in [7, 11) is 0. The molecular weight excluding hydrogens is 342 g/mol. The molecule has 152 valence electrons. The highest BCUT2D eigenvalue weighted by molar-refractivity contribution is 5.85. The molecule has 3 N–H and O–H groups in total. The Balaban J connectivity index is 3.06. The number of alkyl carbamates (subject to hydrolysis) is 1. The van der Waals surface area contributed by atoms with Crippen LogP contribution in [-0.2, 0) is 9.53 Å². The first kappa shape index (κ1) is 22.8. The van der Waals surface area contributed by atoms with Crippen molar-refractivity contribution in [2.45, 2.75) is 85.0 Å². The van der Waals surface area contributed by atoms with Crippen LogP contribution in [-0.4, -0.2) is 28.6 Å². The third-order valence-electron chi connectivity index (χ3n) is 3.17. The molecule has 1 atom stereocenters. The van der Waals surface area contributed by atoms with Crippen molar-refractivity contribution in [1.82, 2.24) is 10.6 Å². The number of carbonyl (C=O) groups excluding carboxylic acids is 2. The van der Waals surface area contributed by atoms with Gasteiger partial charge in [0.05, 0.1) is 0 Å². The molecule has 27 heavy (non-hydrogen) atoms. The van der Waals surface area contributed by atoms with Gasteiger partial charge in [0, 0.05) is 27.9 Å². The molecule has 2 amide bonds. The fourth-order valence-electron chi connectivity index (χ4n) is 2.33. The first-order valence-electron chi connectivity index (χ1n) is 9.25. The minimum absolute atomic E-state index is 0.0758. The van der Waals surface area contributed by atoms with Crippen LogP contribution in [0.1, 0.15) is 74.0 Å². The molecule has 1 unspecified atom stereocenters. The van der Waals surface area contributed by atoms with Gasteiger partial charge in [-0.25, -0.2) is 4.79 Å². The predicted octanol–water partition coefficient (Wildman–Crippen LogP) is 4.38. The molecule has 6 heteroatoms. The van der Waals surface area contributed by atoms with Crippen LogP contribution in [0, 0.1) is 0 Å². The number of amides is 2. The highest BCUT2D eigenvalue weighted by atomic mass is 16.6. The molecule has 0 aromatic heterocycles. The predicted molar refractivity (Wildman–Crippen MR) is 110 cm³/mol. The van der Waals surface area contributed by atoms with E-state index in [0.29, 0.717) is 5.56 Å². The van der Waals surface area contributed by atoms with Gasteiger partial charge in [0.25, 0.3) is 5.91 Å². The maximum absolute atomic E-state index is 12.7. The van der Waals surface area contributed by atoms with Gasteiger partial charge in [-0.3, -0.25) is 4.79 Å². The lowest BCUT2D eigenvalue weighted by molar-refractivity contribution is -0.131. The van der Waals surface area contributed by atoms with Crippen molar-refractivity contribution in [2.75, 3.05) is 5.32 Å². The fraction of sp³-hybridized carbons (Fsp3) is 0.619. The number of nitrogens with one attached hydrogen (secondary N) is 3. The van der Waals surface area contributed by atoms with Crippen LogP contribution in [0.4, 0.5) is 10.5 Å². The number of rotatable bonds is 4. The summed E-state index contributed by atoms with van der Waals surface area (Å²) >= 11 is 0. The molecule has 0 aliphatic carbocycles. The van der Waals surface area contributed by atoms with Crippen molar-refractivity contribution in [3.63, 3.8) is 0 Å². The molecule has 0 bridgehead atoms. The van der Waals surface area contributed by atoms with Gasteiger partial charge in [-0.2, -0.15) is 0 Å². The van der Waals surface area contributed by atoms with E-state index in [-0.39, 0.29) is 11.4 Å². The van der Waals surface area contributed by atoms with Crippen molar-refractivity contribution >= 4 is 17.7 Å². The Morgan fingerprint density at radius 1 is 0.778 bits per heavy atom. The summed E-state index contributed by atoms with van der Waals surface area (Å²) in [6.45, 7) is 17.4. The SMILES string of the molecule is CC(C)(C)NC(=O)OC(C(=O)NC(C)(C)C)c1ccc(NC(C)(C)C)cc1. The van der Waals surface area contributed by atoms with E-state index in [0.717, 1.165) is 5.69 Å². The summed E-state index contributed by atoms with van der Waals surface area (Å²) in [5.41, 5.74) is 0.573. The number of hydrogen-bond donors (Lipinski definition) is 3. The van der Waals surface area contributed by atoms with Gasteiger partial charge in [-0.05, 0) is 74.4 Å². The van der Waals surface area contributed by atoms with E-state index in [2.05, 4.69) is 36.7 Å². The zero-order chi connectivity index (χ0) is 21.0. The van der Waals surface area contributed by atoms with Gasteiger partial charge in [-0.1, -0.05) is 12.1 Å². The van der Waals surface area contributed by atoms with Crippen molar-refractivity contribution in [3.05, 3.63) is 29.8 Å². The average Bonchev–Trinajstić information content (AvgIpc) is 2.40. The lowest BCUT2D eigenvalue weighted by Gasteiger charge is -2.27. The molecule has 0 aliphatic heterocycles. The molecule has 6 nitrogen and oxygen atoms in total. The molecule has 0 radical (unpaired) electrons. The lowest BCUT2D eigenvalue weighted by Crippen LogP contribution is -2.46. The Hall–Kier alpha value is -2.24. The third kappa shape index (κ3) is 9.31. The molecule has 0 heterocycles. The van der Waals surface area contributed by atoms with E-state index in [9.17, 15) is 9.59 Å². The topological polar surface area (TPSA) is 79.5 Å². The summed E-state index contributed by atoms with van der Waals surface area (Å²) in [6.07, 6.45) is -1.66. The van der Waals surface area contributed by atoms with Crippen LogP contribution in [0.3, 0.4) is 0 Å². The Kier molecular flexibility index (Phi) is 6.92. The van der Waals surface area contributed by atoms with Crippen LogP contribution in [0.2, 0.25) is 0 Å². The Labute approximate surface area is 163 Å². The van der Waals surface area contributed by atoms with E-state index >= 15 is 0 Å². The molecule has 1 aromatic rings. The van der Waals surface area contributed by atoms with Crippen molar-refractivity contribution < 1.29 is 14.3 Å². The summed E-state index contributed by atoms with van der Waals surface area (Å²) < 4.78 is 5.48. The molecular formula is C21H35N3O3. The van der Waals surface area contributed by atoms with Crippen molar-refractivity contribution in [2.24, 2.45) is 0 Å². The molecule has 1 rings (SSSR count). The standard InChI is InChI=1S/C21H35N3O3/c1-19(2,3)22-15-12-10-14(11-13-15)16(17(25)23-20(4,5)6)27-18(26)24-21(7,8)9/h10-13,16,22H,1-9H3,(H,23,25)(H,24,26). The van der Waals surface area contributed by atoms with Gasteiger partial charge in [0.1, 0.15) is 0 Å². The second kappa shape index (κ2) is 8.19. The Morgan fingerprint density at radius 2 is 1.26 bits per heavy atom. The highest BCUT2D eigenvalue weighted by Gasteiger charge is 2.29. The molecule has 0 aliphatic rings. The monoisotopic (exact) mass is 377 g/mol. The minimum Gasteiger partial charge on any atom is -0.431 e. The Bertz CT molecular complexity index is 647. The quantitative estimate of drug-likeness (QED) is 0.727. The van der Waals surface area contributed by atoms with Crippen LogP contribution < -0.4 is 16.0 Å². The molecule has 0 fully saturated rings. The molecule has 0 spiro atoms. The first-order valence-corrected chi connectivity index (χ1v) is 9.25. The van der Waals surface area contributed by atoms with Crippen molar-refractivity contribution in [1.29, 1.82) is 0 Å². The normalized spacial score (nSPS) is 13.5. The zero-order valence-corrected chi connectivity index (χ0v) is 18.1. The third-order valence-corrected chi connectivity index (χ3v) is 3.17. The number of benzene rings is 1. The number of anilines is 1. The van der Waals surface area contributed by atoms with Crippen LogP contribution in [0.5, 0.6) is 0 Å². The fourth-order valence-corrected chi connectivity index (χ4v) is 2.33. The lowest BCUT2D eigenvalue weighted by atomic mass is 10.0.